The molecule has 0 radical (unpaired) electrons. The average Bonchev–Trinajstić information content (AvgIpc) is 2.15. The van der Waals surface area contributed by atoms with Crippen LogP contribution in [0.2, 0.25) is 0 Å². The van der Waals surface area contributed by atoms with Crippen LogP contribution in [0.3, 0.4) is 0 Å². The van der Waals surface area contributed by atoms with E-state index >= 15 is 0 Å². The van der Waals surface area contributed by atoms with E-state index in [1.807, 2.05) is 0 Å². The number of nitrogens with two attached hydrogens (primary N) is 1. The smallest absolute Gasteiger partial charge is 0.213 e. The second kappa shape index (κ2) is 4.03. The number of rotatable bonds is 2. The Morgan fingerprint density at radius 1 is 1.20 bits per heavy atom. The molecule has 1 saturated heterocycles. The van der Waals surface area contributed by atoms with Crippen LogP contribution in [0.25, 0.3) is 0 Å². The summed E-state index contributed by atoms with van der Waals surface area (Å²) in [4.78, 5) is 0. The Hall–Kier alpha value is -0.130. The fourth-order valence-corrected chi connectivity index (χ4v) is 4.22. The van der Waals surface area contributed by atoms with Crippen molar-refractivity contribution >= 4 is 10.0 Å². The highest BCUT2D eigenvalue weighted by molar-refractivity contribution is 7.89. The summed E-state index contributed by atoms with van der Waals surface area (Å²) in [6.45, 7) is 3.10. The first kappa shape index (κ1) is 11.4. The monoisotopic (exact) mass is 232 g/mol. The molecule has 2 N–H and O–H groups in total. The normalized spacial score (nSPS) is 37.9. The first-order valence-corrected chi connectivity index (χ1v) is 7.35. The highest BCUT2D eigenvalue weighted by Crippen LogP contribution is 2.34. The molecule has 1 aliphatic heterocycles. The Kier molecular flexibility index (Phi) is 3.05. The minimum Gasteiger partial charge on any atom is -0.328 e. The van der Waals surface area contributed by atoms with Crippen molar-refractivity contribution in [3.05, 3.63) is 0 Å². The first-order valence-electron chi connectivity index (χ1n) is 5.74. The second-order valence-electron chi connectivity index (χ2n) is 4.92. The highest BCUT2D eigenvalue weighted by atomic mass is 32.2. The maximum atomic E-state index is 11.8. The van der Waals surface area contributed by atoms with Gasteiger partial charge in [0.2, 0.25) is 10.0 Å². The molecule has 5 heteroatoms. The van der Waals surface area contributed by atoms with Gasteiger partial charge in [-0.05, 0) is 38.0 Å². The van der Waals surface area contributed by atoms with Crippen LogP contribution in [0.5, 0.6) is 0 Å². The molecule has 2 aliphatic rings. The van der Waals surface area contributed by atoms with Gasteiger partial charge in [-0.25, -0.2) is 12.7 Å². The summed E-state index contributed by atoms with van der Waals surface area (Å²) in [6.07, 6.45) is 3.15. The molecule has 0 aromatic carbocycles. The van der Waals surface area contributed by atoms with E-state index in [0.717, 1.165) is 12.8 Å². The van der Waals surface area contributed by atoms with Crippen molar-refractivity contribution in [1.82, 2.24) is 4.31 Å². The van der Waals surface area contributed by atoms with Crippen molar-refractivity contribution in [2.24, 2.45) is 17.6 Å². The average molecular weight is 232 g/mol. The van der Waals surface area contributed by atoms with Crippen LogP contribution >= 0.6 is 0 Å². The first-order chi connectivity index (χ1) is 7.01. The molecule has 0 aromatic heterocycles. The predicted octanol–water partition coefficient (Wildman–Crippen LogP) is 0.395. The standard InChI is InChI=1S/C10H20N2O2S/c1-2-15(13,14)12-6-8-3-9(7-12)5-10(11)4-8/h8-10H,2-7,11H2,1H3. The molecule has 15 heavy (non-hydrogen) atoms. The van der Waals surface area contributed by atoms with E-state index in [1.54, 1.807) is 11.2 Å². The van der Waals surface area contributed by atoms with Crippen LogP contribution in [0.4, 0.5) is 0 Å². The summed E-state index contributed by atoms with van der Waals surface area (Å²) < 4.78 is 25.2. The molecule has 2 bridgehead atoms. The van der Waals surface area contributed by atoms with Gasteiger partial charge in [0.25, 0.3) is 0 Å². The quantitative estimate of drug-likeness (QED) is 0.749. The van der Waals surface area contributed by atoms with Crippen molar-refractivity contribution in [3.8, 4) is 0 Å². The molecule has 2 rings (SSSR count). The van der Waals surface area contributed by atoms with E-state index < -0.39 is 10.0 Å². The molecule has 1 aliphatic carbocycles. The molecule has 0 amide bonds. The minimum atomic E-state index is -2.99. The third-order valence-electron chi connectivity index (χ3n) is 3.62. The van der Waals surface area contributed by atoms with Gasteiger partial charge in [0.05, 0.1) is 5.75 Å². The lowest BCUT2D eigenvalue weighted by molar-refractivity contribution is 0.130. The lowest BCUT2D eigenvalue weighted by Gasteiger charge is -2.42. The Morgan fingerprint density at radius 2 is 1.73 bits per heavy atom. The maximum Gasteiger partial charge on any atom is 0.213 e. The molecule has 2 atom stereocenters. The van der Waals surface area contributed by atoms with Crippen LogP contribution < -0.4 is 5.73 Å². The lowest BCUT2D eigenvalue weighted by Crippen LogP contribution is -2.50. The molecular formula is C10H20N2O2S. The molecule has 88 valence electrons. The molecule has 0 aromatic rings. The summed E-state index contributed by atoms with van der Waals surface area (Å²) in [5.41, 5.74) is 5.94. The number of hydrogen-bond donors (Lipinski definition) is 1. The van der Waals surface area contributed by atoms with Crippen molar-refractivity contribution < 1.29 is 8.42 Å². The molecule has 1 saturated carbocycles. The fraction of sp³-hybridized carbons (Fsp3) is 1.00. The van der Waals surface area contributed by atoms with E-state index in [2.05, 4.69) is 0 Å². The largest absolute Gasteiger partial charge is 0.328 e. The van der Waals surface area contributed by atoms with Gasteiger partial charge in [-0.3, -0.25) is 0 Å². The van der Waals surface area contributed by atoms with Gasteiger partial charge < -0.3 is 5.73 Å². The number of nitrogens with zero attached hydrogens (tertiary/aromatic N) is 1. The predicted molar refractivity (Wildman–Crippen MR) is 59.8 cm³/mol. The van der Waals surface area contributed by atoms with E-state index in [4.69, 9.17) is 5.73 Å². The van der Waals surface area contributed by atoms with Crippen molar-refractivity contribution in [1.29, 1.82) is 0 Å². The van der Waals surface area contributed by atoms with Gasteiger partial charge in [-0.15, -0.1) is 0 Å². The van der Waals surface area contributed by atoms with E-state index in [9.17, 15) is 8.42 Å². The minimum absolute atomic E-state index is 0.221. The molecular weight excluding hydrogens is 212 g/mol. The Morgan fingerprint density at radius 3 is 2.20 bits per heavy atom. The number of piperidine rings is 1. The van der Waals surface area contributed by atoms with Gasteiger partial charge >= 0.3 is 0 Å². The Bertz CT molecular complexity index is 310. The zero-order chi connectivity index (χ0) is 11.1. The van der Waals surface area contributed by atoms with Gasteiger partial charge in [0.1, 0.15) is 0 Å². The second-order valence-corrected chi connectivity index (χ2v) is 7.17. The summed E-state index contributed by atoms with van der Waals surface area (Å²) >= 11 is 0. The van der Waals surface area contributed by atoms with E-state index in [1.165, 1.54) is 6.42 Å². The summed E-state index contributed by atoms with van der Waals surface area (Å²) in [6, 6.07) is 0.292. The molecule has 2 unspecified atom stereocenters. The van der Waals surface area contributed by atoms with Crippen LogP contribution in [0.15, 0.2) is 0 Å². The summed E-state index contributed by atoms with van der Waals surface area (Å²) in [7, 11) is -2.99. The highest BCUT2D eigenvalue weighted by Gasteiger charge is 2.37. The summed E-state index contributed by atoms with van der Waals surface area (Å²) in [5.74, 6) is 1.21. The van der Waals surface area contributed by atoms with Crippen molar-refractivity contribution in [2.45, 2.75) is 32.2 Å². The van der Waals surface area contributed by atoms with Crippen LogP contribution in [-0.4, -0.2) is 37.6 Å². The van der Waals surface area contributed by atoms with Crippen LogP contribution in [-0.2, 0) is 10.0 Å². The third kappa shape index (κ3) is 2.34. The Labute approximate surface area is 91.9 Å². The van der Waals surface area contributed by atoms with Crippen molar-refractivity contribution in [2.75, 3.05) is 18.8 Å². The molecule has 2 fully saturated rings. The van der Waals surface area contributed by atoms with Crippen molar-refractivity contribution in [3.63, 3.8) is 0 Å². The Balaban J connectivity index is 2.09. The number of hydrogen-bond acceptors (Lipinski definition) is 3. The van der Waals surface area contributed by atoms with E-state index in [0.29, 0.717) is 31.0 Å². The molecule has 4 nitrogen and oxygen atoms in total. The van der Waals surface area contributed by atoms with Crippen LogP contribution in [0, 0.1) is 11.8 Å². The molecule has 0 spiro atoms. The van der Waals surface area contributed by atoms with E-state index in [-0.39, 0.29) is 5.75 Å². The lowest BCUT2D eigenvalue weighted by atomic mass is 9.76. The number of fused-ring (bicyclic) bond motifs is 2. The SMILES string of the molecule is CCS(=O)(=O)N1CC2CC(N)CC(C2)C1. The molecule has 1 heterocycles. The van der Waals surface area contributed by atoms with Gasteiger partial charge in [-0.2, -0.15) is 0 Å². The third-order valence-corrected chi connectivity index (χ3v) is 5.44. The zero-order valence-electron chi connectivity index (χ0n) is 9.22. The van der Waals surface area contributed by atoms with Gasteiger partial charge in [0.15, 0.2) is 0 Å². The fourth-order valence-electron chi connectivity index (χ4n) is 2.97. The topological polar surface area (TPSA) is 63.4 Å². The summed E-state index contributed by atoms with van der Waals surface area (Å²) in [5, 5.41) is 0. The van der Waals surface area contributed by atoms with Gasteiger partial charge in [-0.1, -0.05) is 0 Å². The number of sulfonamides is 1. The van der Waals surface area contributed by atoms with Gasteiger partial charge in [0, 0.05) is 19.1 Å². The maximum absolute atomic E-state index is 11.8. The zero-order valence-corrected chi connectivity index (χ0v) is 10.0. The van der Waals surface area contributed by atoms with Crippen LogP contribution in [0.1, 0.15) is 26.2 Å².